The zero-order valence-electron chi connectivity index (χ0n) is 17.2. The smallest absolute Gasteiger partial charge is 0.191 e. The molecule has 1 atom stereocenters. The standard InChI is InChI=1S/C22H31N3O3/c1-17-7-5-10-21(13-17)28-18(2)15-24-22(23-3)25-16-19-8-6-9-20(14-19)27-12-11-26-4/h5-10,13-14,18H,11-12,15-16H2,1-4H3,(H2,23,24,25). The Labute approximate surface area is 167 Å². The Hall–Kier alpha value is -2.73. The Bertz CT molecular complexity index is 749. The van der Waals surface area contributed by atoms with Crippen molar-refractivity contribution < 1.29 is 14.2 Å². The SMILES string of the molecule is CN=C(NCc1cccc(OCCOC)c1)NCC(C)Oc1cccc(C)c1. The van der Waals surface area contributed by atoms with Crippen molar-refractivity contribution in [1.29, 1.82) is 0 Å². The van der Waals surface area contributed by atoms with E-state index < -0.39 is 0 Å². The number of guanidine groups is 1. The molecule has 0 fully saturated rings. The van der Waals surface area contributed by atoms with Gasteiger partial charge in [-0.3, -0.25) is 4.99 Å². The third-order valence-corrected chi connectivity index (χ3v) is 4.02. The van der Waals surface area contributed by atoms with E-state index in [1.165, 1.54) is 5.56 Å². The van der Waals surface area contributed by atoms with E-state index in [0.29, 0.717) is 26.3 Å². The summed E-state index contributed by atoms with van der Waals surface area (Å²) in [7, 11) is 3.42. The molecule has 0 amide bonds. The summed E-state index contributed by atoms with van der Waals surface area (Å²) in [6.45, 7) is 6.49. The fraction of sp³-hybridized carbons (Fsp3) is 0.409. The van der Waals surface area contributed by atoms with Crippen LogP contribution in [0.2, 0.25) is 0 Å². The average molecular weight is 386 g/mol. The number of aryl methyl sites for hydroxylation is 1. The van der Waals surface area contributed by atoms with E-state index in [4.69, 9.17) is 14.2 Å². The maximum Gasteiger partial charge on any atom is 0.191 e. The molecule has 0 radical (unpaired) electrons. The summed E-state index contributed by atoms with van der Waals surface area (Å²) >= 11 is 0. The lowest BCUT2D eigenvalue weighted by Crippen LogP contribution is -2.41. The summed E-state index contributed by atoms with van der Waals surface area (Å²) in [5.74, 6) is 2.44. The molecule has 2 aromatic rings. The summed E-state index contributed by atoms with van der Waals surface area (Å²) < 4.78 is 16.6. The number of hydrogen-bond acceptors (Lipinski definition) is 4. The molecule has 2 rings (SSSR count). The van der Waals surface area contributed by atoms with Gasteiger partial charge < -0.3 is 24.8 Å². The number of hydrogen-bond donors (Lipinski definition) is 2. The third kappa shape index (κ3) is 7.88. The molecule has 0 saturated heterocycles. The highest BCUT2D eigenvalue weighted by atomic mass is 16.5. The van der Waals surface area contributed by atoms with Crippen molar-refractivity contribution in [3.8, 4) is 11.5 Å². The monoisotopic (exact) mass is 385 g/mol. The van der Waals surface area contributed by atoms with Crippen LogP contribution in [-0.2, 0) is 11.3 Å². The van der Waals surface area contributed by atoms with Crippen LogP contribution in [0.5, 0.6) is 11.5 Å². The number of methoxy groups -OCH3 is 1. The minimum atomic E-state index is 0.0119. The highest BCUT2D eigenvalue weighted by Gasteiger charge is 2.06. The lowest BCUT2D eigenvalue weighted by Gasteiger charge is -2.18. The second kappa shape index (κ2) is 11.9. The van der Waals surface area contributed by atoms with Gasteiger partial charge in [0.1, 0.15) is 24.2 Å². The number of ether oxygens (including phenoxy) is 3. The van der Waals surface area contributed by atoms with E-state index in [1.807, 2.05) is 49.4 Å². The Morgan fingerprint density at radius 3 is 2.57 bits per heavy atom. The van der Waals surface area contributed by atoms with Crippen LogP contribution in [0.15, 0.2) is 53.5 Å². The quantitative estimate of drug-likeness (QED) is 0.374. The van der Waals surface area contributed by atoms with Crippen LogP contribution < -0.4 is 20.1 Å². The Balaban J connectivity index is 1.77. The van der Waals surface area contributed by atoms with Gasteiger partial charge in [0.05, 0.1) is 13.2 Å². The van der Waals surface area contributed by atoms with Crippen LogP contribution in [0.3, 0.4) is 0 Å². The molecule has 0 bridgehead atoms. The topological polar surface area (TPSA) is 64.1 Å². The molecule has 0 aromatic heterocycles. The molecule has 152 valence electrons. The highest BCUT2D eigenvalue weighted by molar-refractivity contribution is 5.79. The van der Waals surface area contributed by atoms with Gasteiger partial charge in [0, 0.05) is 20.7 Å². The molecular weight excluding hydrogens is 354 g/mol. The van der Waals surface area contributed by atoms with Gasteiger partial charge in [-0.05, 0) is 49.2 Å². The van der Waals surface area contributed by atoms with E-state index in [-0.39, 0.29) is 6.10 Å². The average Bonchev–Trinajstić information content (AvgIpc) is 2.69. The van der Waals surface area contributed by atoms with Crippen LogP contribution in [0, 0.1) is 6.92 Å². The molecule has 6 heteroatoms. The zero-order valence-corrected chi connectivity index (χ0v) is 17.2. The maximum absolute atomic E-state index is 5.94. The molecule has 1 unspecified atom stereocenters. The van der Waals surface area contributed by atoms with Gasteiger partial charge in [-0.1, -0.05) is 24.3 Å². The first-order valence-corrected chi connectivity index (χ1v) is 9.49. The van der Waals surface area contributed by atoms with Gasteiger partial charge in [-0.25, -0.2) is 0 Å². The van der Waals surface area contributed by atoms with Gasteiger partial charge in [0.2, 0.25) is 0 Å². The van der Waals surface area contributed by atoms with Crippen molar-refractivity contribution in [2.45, 2.75) is 26.5 Å². The molecule has 2 N–H and O–H groups in total. The highest BCUT2D eigenvalue weighted by Crippen LogP contribution is 2.14. The molecular formula is C22H31N3O3. The second-order valence-corrected chi connectivity index (χ2v) is 6.54. The van der Waals surface area contributed by atoms with Gasteiger partial charge in [-0.15, -0.1) is 0 Å². The zero-order chi connectivity index (χ0) is 20.2. The molecule has 2 aromatic carbocycles. The Morgan fingerprint density at radius 2 is 1.82 bits per heavy atom. The fourth-order valence-corrected chi connectivity index (χ4v) is 2.60. The van der Waals surface area contributed by atoms with Crippen LogP contribution >= 0.6 is 0 Å². The molecule has 0 heterocycles. The van der Waals surface area contributed by atoms with Gasteiger partial charge in [0.25, 0.3) is 0 Å². The first-order chi connectivity index (χ1) is 13.6. The van der Waals surface area contributed by atoms with Crippen molar-refractivity contribution in [2.24, 2.45) is 4.99 Å². The summed E-state index contributed by atoms with van der Waals surface area (Å²) in [6, 6.07) is 16.0. The van der Waals surface area contributed by atoms with Gasteiger partial charge in [-0.2, -0.15) is 0 Å². The predicted octanol–water partition coefficient (Wildman–Crippen LogP) is 3.15. The minimum absolute atomic E-state index is 0.0119. The molecule has 0 spiro atoms. The first-order valence-electron chi connectivity index (χ1n) is 9.49. The lowest BCUT2D eigenvalue weighted by molar-refractivity contribution is 0.146. The van der Waals surface area contributed by atoms with Crippen molar-refractivity contribution in [3.63, 3.8) is 0 Å². The first kappa shape index (κ1) is 21.6. The fourth-order valence-electron chi connectivity index (χ4n) is 2.60. The molecule has 28 heavy (non-hydrogen) atoms. The van der Waals surface area contributed by atoms with E-state index in [2.05, 4.69) is 28.6 Å². The van der Waals surface area contributed by atoms with Crippen molar-refractivity contribution in [3.05, 3.63) is 59.7 Å². The Morgan fingerprint density at radius 1 is 1.04 bits per heavy atom. The van der Waals surface area contributed by atoms with E-state index >= 15 is 0 Å². The normalized spacial score (nSPS) is 12.4. The van der Waals surface area contributed by atoms with Crippen molar-refractivity contribution in [1.82, 2.24) is 10.6 Å². The van der Waals surface area contributed by atoms with E-state index in [1.54, 1.807) is 14.2 Å². The molecule has 0 aliphatic rings. The summed E-state index contributed by atoms with van der Waals surface area (Å²) in [4.78, 5) is 4.27. The summed E-state index contributed by atoms with van der Waals surface area (Å²) in [5.41, 5.74) is 2.30. The van der Waals surface area contributed by atoms with Crippen molar-refractivity contribution >= 4 is 5.96 Å². The summed E-state index contributed by atoms with van der Waals surface area (Å²) in [5, 5.41) is 6.61. The number of aliphatic imine (C=N–C) groups is 1. The van der Waals surface area contributed by atoms with Crippen LogP contribution in [0.1, 0.15) is 18.1 Å². The molecule has 0 aliphatic carbocycles. The van der Waals surface area contributed by atoms with Crippen molar-refractivity contribution in [2.75, 3.05) is 33.9 Å². The Kier molecular flexibility index (Phi) is 9.15. The number of nitrogens with zero attached hydrogens (tertiary/aromatic N) is 1. The van der Waals surface area contributed by atoms with E-state index in [9.17, 15) is 0 Å². The van der Waals surface area contributed by atoms with Crippen LogP contribution in [-0.4, -0.2) is 46.0 Å². The second-order valence-electron chi connectivity index (χ2n) is 6.54. The van der Waals surface area contributed by atoms with Gasteiger partial charge in [0.15, 0.2) is 5.96 Å². The predicted molar refractivity (Wildman–Crippen MR) is 113 cm³/mol. The molecule has 0 aliphatic heterocycles. The largest absolute Gasteiger partial charge is 0.491 e. The lowest BCUT2D eigenvalue weighted by atomic mass is 10.2. The third-order valence-electron chi connectivity index (χ3n) is 4.02. The summed E-state index contributed by atoms with van der Waals surface area (Å²) in [6.07, 6.45) is 0.0119. The number of nitrogens with one attached hydrogen (secondary N) is 2. The van der Waals surface area contributed by atoms with E-state index in [0.717, 1.165) is 23.0 Å². The van der Waals surface area contributed by atoms with Crippen LogP contribution in [0.25, 0.3) is 0 Å². The van der Waals surface area contributed by atoms with Gasteiger partial charge >= 0.3 is 0 Å². The molecule has 6 nitrogen and oxygen atoms in total. The maximum atomic E-state index is 5.94. The molecule has 0 saturated carbocycles. The van der Waals surface area contributed by atoms with Crippen LogP contribution in [0.4, 0.5) is 0 Å². The number of benzene rings is 2. The number of rotatable bonds is 10. The minimum Gasteiger partial charge on any atom is -0.491 e.